The lowest BCUT2D eigenvalue weighted by molar-refractivity contribution is 0.409. The molecular weight excluding hydrogens is 122 g/mol. The minimum atomic E-state index is 0.365. The van der Waals surface area contributed by atoms with E-state index in [1.54, 1.807) is 0 Å². The maximum absolute atomic E-state index is 5.90. The second-order valence-electron chi connectivity index (χ2n) is 2.49. The van der Waals surface area contributed by atoms with Gasteiger partial charge in [0.1, 0.15) is 0 Å². The van der Waals surface area contributed by atoms with Crippen LogP contribution in [0.1, 0.15) is 13.3 Å². The number of rotatable bonds is 0. The Morgan fingerprint density at radius 1 is 1.62 bits per heavy atom. The number of alkyl halides is 1. The van der Waals surface area contributed by atoms with Crippen LogP contribution >= 0.6 is 11.6 Å². The van der Waals surface area contributed by atoms with Gasteiger partial charge in [-0.25, -0.2) is 0 Å². The minimum Gasteiger partial charge on any atom is -0.315 e. The van der Waals surface area contributed by atoms with Crippen molar-refractivity contribution >= 4 is 11.6 Å². The molecule has 1 aliphatic rings. The summed E-state index contributed by atoms with van der Waals surface area (Å²) in [7, 11) is 0. The SMILES string of the molecule is CC1CCNCC1Cl. The highest BCUT2D eigenvalue weighted by Crippen LogP contribution is 2.15. The van der Waals surface area contributed by atoms with Crippen molar-refractivity contribution in [1.29, 1.82) is 0 Å². The first-order chi connectivity index (χ1) is 3.80. The van der Waals surface area contributed by atoms with Crippen molar-refractivity contribution in [2.75, 3.05) is 13.1 Å². The summed E-state index contributed by atoms with van der Waals surface area (Å²) in [5, 5.41) is 3.60. The van der Waals surface area contributed by atoms with Crippen molar-refractivity contribution in [2.45, 2.75) is 18.7 Å². The third-order valence-electron chi connectivity index (χ3n) is 1.73. The van der Waals surface area contributed by atoms with Crippen LogP contribution in [0.5, 0.6) is 0 Å². The maximum atomic E-state index is 5.90. The summed E-state index contributed by atoms with van der Waals surface area (Å²) in [5.74, 6) is 0.706. The van der Waals surface area contributed by atoms with Gasteiger partial charge in [0.2, 0.25) is 0 Å². The second-order valence-corrected chi connectivity index (χ2v) is 3.05. The molecule has 0 aromatic carbocycles. The van der Waals surface area contributed by atoms with Gasteiger partial charge >= 0.3 is 0 Å². The average molecular weight is 134 g/mol. The first-order valence-electron chi connectivity index (χ1n) is 3.15. The highest BCUT2D eigenvalue weighted by Gasteiger charge is 2.17. The molecular formula is C6H12ClN. The zero-order valence-electron chi connectivity index (χ0n) is 5.15. The largest absolute Gasteiger partial charge is 0.315 e. The molecule has 0 aliphatic carbocycles. The molecule has 1 saturated heterocycles. The summed E-state index contributed by atoms with van der Waals surface area (Å²) in [5.41, 5.74) is 0. The normalized spacial score (nSPS) is 39.8. The standard InChI is InChI=1S/C6H12ClN/c1-5-2-3-8-4-6(5)7/h5-6,8H,2-4H2,1H3. The van der Waals surface area contributed by atoms with Crippen LogP contribution in [0.25, 0.3) is 0 Å². The summed E-state index contributed by atoms with van der Waals surface area (Å²) < 4.78 is 0. The Hall–Kier alpha value is 0.250. The zero-order chi connectivity index (χ0) is 5.98. The van der Waals surface area contributed by atoms with Crippen molar-refractivity contribution < 1.29 is 0 Å². The van der Waals surface area contributed by atoms with Gasteiger partial charge in [-0.05, 0) is 18.9 Å². The van der Waals surface area contributed by atoms with E-state index in [-0.39, 0.29) is 0 Å². The average Bonchev–Trinajstić information content (AvgIpc) is 1.77. The number of halogens is 1. The van der Waals surface area contributed by atoms with Gasteiger partial charge in [0.15, 0.2) is 0 Å². The van der Waals surface area contributed by atoms with E-state index in [0.717, 1.165) is 13.1 Å². The van der Waals surface area contributed by atoms with Crippen LogP contribution in [0.2, 0.25) is 0 Å². The zero-order valence-corrected chi connectivity index (χ0v) is 5.91. The number of hydrogen-bond acceptors (Lipinski definition) is 1. The molecule has 0 aromatic heterocycles. The first-order valence-corrected chi connectivity index (χ1v) is 3.59. The molecule has 1 nitrogen and oxygen atoms in total. The summed E-state index contributed by atoms with van der Waals surface area (Å²) in [6.07, 6.45) is 1.23. The molecule has 1 rings (SSSR count). The van der Waals surface area contributed by atoms with Gasteiger partial charge < -0.3 is 5.32 Å². The van der Waals surface area contributed by atoms with E-state index in [9.17, 15) is 0 Å². The monoisotopic (exact) mass is 133 g/mol. The van der Waals surface area contributed by atoms with Gasteiger partial charge in [0.05, 0.1) is 0 Å². The Bertz CT molecular complexity index is 64.9. The van der Waals surface area contributed by atoms with Crippen LogP contribution in [-0.4, -0.2) is 18.5 Å². The van der Waals surface area contributed by atoms with Gasteiger partial charge in [0.25, 0.3) is 0 Å². The molecule has 0 bridgehead atoms. The van der Waals surface area contributed by atoms with E-state index >= 15 is 0 Å². The molecule has 0 saturated carbocycles. The van der Waals surface area contributed by atoms with E-state index in [1.807, 2.05) is 0 Å². The minimum absolute atomic E-state index is 0.365. The van der Waals surface area contributed by atoms with Crippen molar-refractivity contribution in [2.24, 2.45) is 5.92 Å². The molecule has 0 spiro atoms. The molecule has 2 atom stereocenters. The van der Waals surface area contributed by atoms with E-state index in [1.165, 1.54) is 6.42 Å². The molecule has 0 aromatic rings. The lowest BCUT2D eigenvalue weighted by Crippen LogP contribution is -2.35. The first kappa shape index (κ1) is 6.37. The predicted octanol–water partition coefficient (Wildman–Crippen LogP) is 1.22. The van der Waals surface area contributed by atoms with Crippen LogP contribution in [0, 0.1) is 5.92 Å². The predicted molar refractivity (Wildman–Crippen MR) is 36.3 cm³/mol. The van der Waals surface area contributed by atoms with Crippen LogP contribution < -0.4 is 5.32 Å². The van der Waals surface area contributed by atoms with E-state index in [4.69, 9.17) is 11.6 Å². The third-order valence-corrected chi connectivity index (χ3v) is 2.32. The van der Waals surface area contributed by atoms with Crippen molar-refractivity contribution in [3.63, 3.8) is 0 Å². The highest BCUT2D eigenvalue weighted by molar-refractivity contribution is 6.21. The molecule has 0 amide bonds. The van der Waals surface area contributed by atoms with Gasteiger partial charge in [-0.1, -0.05) is 6.92 Å². The molecule has 0 radical (unpaired) electrons. The van der Waals surface area contributed by atoms with Gasteiger partial charge in [0, 0.05) is 11.9 Å². The molecule has 8 heavy (non-hydrogen) atoms. The fourth-order valence-electron chi connectivity index (χ4n) is 0.952. The van der Waals surface area contributed by atoms with E-state index < -0.39 is 0 Å². The number of nitrogens with one attached hydrogen (secondary N) is 1. The number of hydrogen-bond donors (Lipinski definition) is 1. The Labute approximate surface area is 55.4 Å². The smallest absolute Gasteiger partial charge is 0.0486 e. The van der Waals surface area contributed by atoms with Gasteiger partial charge in [-0.3, -0.25) is 0 Å². The molecule has 1 fully saturated rings. The van der Waals surface area contributed by atoms with E-state index in [2.05, 4.69) is 12.2 Å². The summed E-state index contributed by atoms with van der Waals surface area (Å²) in [4.78, 5) is 0. The Morgan fingerprint density at radius 3 is 2.75 bits per heavy atom. The summed E-state index contributed by atoms with van der Waals surface area (Å²) in [6.45, 7) is 4.34. The van der Waals surface area contributed by atoms with Crippen molar-refractivity contribution in [1.82, 2.24) is 5.32 Å². The fourth-order valence-corrected chi connectivity index (χ4v) is 1.19. The fraction of sp³-hybridized carbons (Fsp3) is 1.00. The van der Waals surface area contributed by atoms with E-state index in [0.29, 0.717) is 11.3 Å². The molecule has 2 unspecified atom stereocenters. The molecule has 1 heterocycles. The van der Waals surface area contributed by atoms with Crippen LogP contribution in [-0.2, 0) is 0 Å². The lowest BCUT2D eigenvalue weighted by Gasteiger charge is -2.23. The quantitative estimate of drug-likeness (QED) is 0.490. The van der Waals surface area contributed by atoms with Crippen LogP contribution in [0.15, 0.2) is 0 Å². The molecule has 48 valence electrons. The van der Waals surface area contributed by atoms with Gasteiger partial charge in [-0.15, -0.1) is 11.6 Å². The van der Waals surface area contributed by atoms with Gasteiger partial charge in [-0.2, -0.15) is 0 Å². The second kappa shape index (κ2) is 2.70. The lowest BCUT2D eigenvalue weighted by atomic mass is 10.0. The molecule has 2 heteroatoms. The maximum Gasteiger partial charge on any atom is 0.0486 e. The van der Waals surface area contributed by atoms with Crippen LogP contribution in [0.3, 0.4) is 0 Å². The molecule has 1 aliphatic heterocycles. The highest BCUT2D eigenvalue weighted by atomic mass is 35.5. The number of piperidine rings is 1. The Balaban J connectivity index is 2.28. The van der Waals surface area contributed by atoms with Crippen LogP contribution in [0.4, 0.5) is 0 Å². The van der Waals surface area contributed by atoms with Crippen molar-refractivity contribution in [3.8, 4) is 0 Å². The summed E-state index contributed by atoms with van der Waals surface area (Å²) >= 11 is 5.90. The summed E-state index contributed by atoms with van der Waals surface area (Å²) in [6, 6.07) is 0. The topological polar surface area (TPSA) is 12.0 Å². The Morgan fingerprint density at radius 2 is 2.38 bits per heavy atom. The van der Waals surface area contributed by atoms with Crippen molar-refractivity contribution in [3.05, 3.63) is 0 Å². The third kappa shape index (κ3) is 1.36. The Kier molecular flexibility index (Phi) is 2.15. The molecule has 1 N–H and O–H groups in total.